The van der Waals surface area contributed by atoms with Crippen LogP contribution in [0.3, 0.4) is 0 Å². The molecule has 2 amide bonds. The molecule has 0 spiro atoms. The molecular weight excluding hydrogens is 703 g/mol. The van der Waals surface area contributed by atoms with E-state index >= 15 is 8.78 Å². The molecule has 1 fully saturated rings. The van der Waals surface area contributed by atoms with Crippen molar-refractivity contribution in [3.8, 4) is 17.0 Å². The number of benzene rings is 2. The minimum Gasteiger partial charge on any atom is -0.509 e. The monoisotopic (exact) mass is 738 g/mol. The number of hydrogen-bond donors (Lipinski definition) is 2. The number of nitrogens with one attached hydrogen (secondary N) is 1. The average molecular weight is 739 g/mol. The van der Waals surface area contributed by atoms with Gasteiger partial charge in [0.15, 0.2) is 11.6 Å². The van der Waals surface area contributed by atoms with E-state index in [1.807, 2.05) is 0 Å². The molecule has 0 aliphatic carbocycles. The number of anilines is 1. The lowest BCUT2D eigenvalue weighted by molar-refractivity contribution is -0.158. The maximum absolute atomic E-state index is 15.5. The number of hydrogen-bond acceptors (Lipinski definition) is 9. The number of nitrogens with zero attached hydrogens (tertiary/aromatic N) is 5. The third-order valence-corrected chi connectivity index (χ3v) is 8.68. The van der Waals surface area contributed by atoms with Gasteiger partial charge in [0.1, 0.15) is 30.0 Å². The van der Waals surface area contributed by atoms with Crippen LogP contribution in [0.25, 0.3) is 11.3 Å². The molecule has 2 aliphatic rings. The van der Waals surface area contributed by atoms with Crippen molar-refractivity contribution in [2.45, 2.75) is 39.5 Å². The van der Waals surface area contributed by atoms with Crippen molar-refractivity contribution in [1.82, 2.24) is 24.9 Å². The fourth-order valence-corrected chi connectivity index (χ4v) is 6.13. The standard InChI is InChI=1S/C34H36ClF5N6O5/c1-33(2,3)30-29(47)26(31(48)43-22-7-6-20(35)15-21(22)23-16-25(34(38,39)40)42-18-41-23)32(49)46(44(30)4)17-19-5-8-24(28(37)27(19)36)51-14-11-45-9-12-50-13-10-45/h5-8,15-16,18,30,47H,9-14,17H2,1-4H3,(H,43,48)/t30-/m1/s1. The van der Waals surface area contributed by atoms with Crippen molar-refractivity contribution < 1.29 is 46.1 Å². The Morgan fingerprint density at radius 3 is 2.45 bits per heavy atom. The molecule has 17 heteroatoms. The molecule has 0 saturated carbocycles. The van der Waals surface area contributed by atoms with Crippen molar-refractivity contribution in [1.29, 1.82) is 0 Å². The molecule has 5 rings (SSSR count). The quantitative estimate of drug-likeness (QED) is 0.206. The van der Waals surface area contributed by atoms with Gasteiger partial charge in [0, 0.05) is 42.8 Å². The number of alkyl halides is 3. The Labute approximate surface area is 295 Å². The minimum atomic E-state index is -4.79. The number of rotatable bonds is 9. The SMILES string of the molecule is CN1[C@@H](C(C)(C)C)C(O)=C(C(=O)Nc2ccc(Cl)cc2-c2cc(C(F)(F)F)ncn2)C(=O)N1Cc1ccc(OCCN2CCOCC2)c(F)c1F. The third kappa shape index (κ3) is 8.41. The summed E-state index contributed by atoms with van der Waals surface area (Å²) in [7, 11) is 1.46. The van der Waals surface area contributed by atoms with E-state index in [0.717, 1.165) is 5.01 Å². The Morgan fingerprint density at radius 1 is 1.08 bits per heavy atom. The number of aromatic nitrogens is 2. The zero-order valence-corrected chi connectivity index (χ0v) is 28.9. The maximum Gasteiger partial charge on any atom is 0.433 e. The Hall–Kier alpha value is -4.38. The molecular formula is C34H36ClF5N6O5. The summed E-state index contributed by atoms with van der Waals surface area (Å²) in [6.07, 6.45) is -4.08. The summed E-state index contributed by atoms with van der Waals surface area (Å²) in [6.45, 7) is 7.81. The largest absolute Gasteiger partial charge is 0.509 e. The summed E-state index contributed by atoms with van der Waals surface area (Å²) in [4.78, 5) is 37.0. The first-order valence-corrected chi connectivity index (χ1v) is 16.2. The summed E-state index contributed by atoms with van der Waals surface area (Å²) in [5.74, 6) is -5.58. The van der Waals surface area contributed by atoms with E-state index in [-0.39, 0.29) is 39.9 Å². The fraction of sp³-hybridized carbons (Fsp3) is 0.412. The fourth-order valence-electron chi connectivity index (χ4n) is 5.96. The van der Waals surface area contributed by atoms with E-state index in [9.17, 15) is 27.9 Å². The smallest absolute Gasteiger partial charge is 0.433 e. The minimum absolute atomic E-state index is 0.0294. The molecule has 2 N–H and O–H groups in total. The second-order valence-corrected chi connectivity index (χ2v) is 13.5. The summed E-state index contributed by atoms with van der Waals surface area (Å²) < 4.78 is 81.7. The highest BCUT2D eigenvalue weighted by Gasteiger charge is 2.46. The molecule has 3 aromatic rings. The Morgan fingerprint density at radius 2 is 1.78 bits per heavy atom. The molecule has 1 aromatic heterocycles. The van der Waals surface area contributed by atoms with E-state index in [0.29, 0.717) is 45.2 Å². The molecule has 2 aliphatic heterocycles. The molecule has 2 aromatic carbocycles. The van der Waals surface area contributed by atoms with Crippen molar-refractivity contribution in [3.63, 3.8) is 0 Å². The lowest BCUT2D eigenvalue weighted by Crippen LogP contribution is -2.59. The van der Waals surface area contributed by atoms with Gasteiger partial charge in [-0.1, -0.05) is 38.4 Å². The van der Waals surface area contributed by atoms with E-state index in [1.54, 1.807) is 20.8 Å². The van der Waals surface area contributed by atoms with Crippen molar-refractivity contribution in [2.75, 3.05) is 51.8 Å². The molecule has 0 radical (unpaired) electrons. The van der Waals surface area contributed by atoms with Crippen LogP contribution in [0.5, 0.6) is 5.75 Å². The lowest BCUT2D eigenvalue weighted by Gasteiger charge is -2.46. The van der Waals surface area contributed by atoms with E-state index in [4.69, 9.17) is 21.1 Å². The van der Waals surface area contributed by atoms with Crippen LogP contribution in [-0.4, -0.2) is 94.4 Å². The Kier molecular flexibility index (Phi) is 11.2. The number of morpholine rings is 1. The number of likely N-dealkylation sites (N-methyl/N-ethyl adjacent to an activating group) is 1. The van der Waals surface area contributed by atoms with Gasteiger partial charge in [0.05, 0.1) is 37.2 Å². The van der Waals surface area contributed by atoms with Crippen molar-refractivity contribution in [3.05, 3.63) is 82.0 Å². The first-order valence-electron chi connectivity index (χ1n) is 15.9. The van der Waals surface area contributed by atoms with E-state index in [2.05, 4.69) is 20.2 Å². The topological polar surface area (TPSA) is 120 Å². The number of aliphatic hydroxyl groups excluding tert-OH is 1. The van der Waals surface area contributed by atoms with Crippen LogP contribution in [-0.2, 0) is 27.0 Å². The van der Waals surface area contributed by atoms with Gasteiger partial charge in [0.25, 0.3) is 11.8 Å². The summed E-state index contributed by atoms with van der Waals surface area (Å²) in [5, 5.41) is 16.3. The second kappa shape index (κ2) is 15.1. The number of ether oxygens (including phenoxy) is 2. The number of hydrazine groups is 1. The van der Waals surface area contributed by atoms with Gasteiger partial charge < -0.3 is 19.9 Å². The van der Waals surface area contributed by atoms with Crippen LogP contribution in [0.15, 0.2) is 54.1 Å². The molecule has 3 heterocycles. The van der Waals surface area contributed by atoms with Crippen molar-refractivity contribution in [2.24, 2.45) is 5.41 Å². The molecule has 51 heavy (non-hydrogen) atoms. The molecule has 1 atom stereocenters. The Bertz CT molecular complexity index is 1830. The molecule has 1 saturated heterocycles. The zero-order valence-electron chi connectivity index (χ0n) is 28.2. The summed E-state index contributed by atoms with van der Waals surface area (Å²) >= 11 is 6.14. The van der Waals surface area contributed by atoms with Crippen LogP contribution in [0.1, 0.15) is 32.0 Å². The molecule has 11 nitrogen and oxygen atoms in total. The molecule has 0 unspecified atom stereocenters. The third-order valence-electron chi connectivity index (χ3n) is 8.44. The van der Waals surface area contributed by atoms with Crippen LogP contribution in [0.4, 0.5) is 27.6 Å². The molecule has 0 bridgehead atoms. The average Bonchev–Trinajstić information content (AvgIpc) is 3.06. The predicted molar refractivity (Wildman–Crippen MR) is 176 cm³/mol. The normalized spacial score (nSPS) is 18.0. The highest BCUT2D eigenvalue weighted by molar-refractivity contribution is 6.31. The maximum atomic E-state index is 15.5. The second-order valence-electron chi connectivity index (χ2n) is 13.0. The summed E-state index contributed by atoms with van der Waals surface area (Å²) in [6, 6.07) is 6.10. The highest BCUT2D eigenvalue weighted by Crippen LogP contribution is 2.38. The number of carbonyl (C=O) groups is 2. The number of halogens is 6. The lowest BCUT2D eigenvalue weighted by atomic mass is 9.82. The number of carbonyl (C=O) groups excluding carboxylic acids is 2. The van der Waals surface area contributed by atoms with Crippen molar-refractivity contribution >= 4 is 29.1 Å². The van der Waals surface area contributed by atoms with Gasteiger partial charge in [-0.15, -0.1) is 0 Å². The van der Waals surface area contributed by atoms with Crippen LogP contribution < -0.4 is 10.1 Å². The first kappa shape index (κ1) is 37.9. The van der Waals surface area contributed by atoms with Crippen LogP contribution >= 0.6 is 11.6 Å². The van der Waals surface area contributed by atoms with Gasteiger partial charge >= 0.3 is 6.18 Å². The zero-order chi connectivity index (χ0) is 37.2. The van der Waals surface area contributed by atoms with Gasteiger partial charge in [-0.2, -0.15) is 17.6 Å². The number of amides is 2. The van der Waals surface area contributed by atoms with Gasteiger partial charge in [0.2, 0.25) is 5.82 Å². The van der Waals surface area contributed by atoms with Crippen LogP contribution in [0, 0.1) is 17.0 Å². The van der Waals surface area contributed by atoms with Crippen LogP contribution in [0.2, 0.25) is 5.02 Å². The van der Waals surface area contributed by atoms with Gasteiger partial charge in [-0.05, 0) is 35.7 Å². The summed E-state index contributed by atoms with van der Waals surface area (Å²) in [5.41, 5.74) is -3.34. The molecule has 274 valence electrons. The van der Waals surface area contributed by atoms with E-state index < -0.39 is 64.7 Å². The van der Waals surface area contributed by atoms with Gasteiger partial charge in [-0.25, -0.2) is 19.4 Å². The Balaban J connectivity index is 1.42. The van der Waals surface area contributed by atoms with Gasteiger partial charge in [-0.3, -0.25) is 19.5 Å². The highest BCUT2D eigenvalue weighted by atomic mass is 35.5. The number of aliphatic hydroxyl groups is 1. The predicted octanol–water partition coefficient (Wildman–Crippen LogP) is 5.86. The van der Waals surface area contributed by atoms with E-state index in [1.165, 1.54) is 42.4 Å². The first-order chi connectivity index (χ1) is 24.0.